The molecule has 0 unspecified atom stereocenters. The molecule has 4 aromatic rings. The number of aliphatic hydroxyl groups is 1. The predicted molar refractivity (Wildman–Crippen MR) is 273 cm³/mol. The number of amides is 6. The van der Waals surface area contributed by atoms with Crippen LogP contribution in [0.1, 0.15) is 118 Å². The van der Waals surface area contributed by atoms with Crippen LogP contribution in [0.3, 0.4) is 0 Å². The fraction of sp³-hybridized carbons (Fsp3) is 0.481. The van der Waals surface area contributed by atoms with E-state index in [2.05, 4.69) is 20.9 Å². The number of β-amino-alcohol motifs (C(OH)–C–C–N with tert-alkyl or cyclic N) is 1. The number of thiazole rings is 1. The molecule has 0 aliphatic carbocycles. The smallest absolute Gasteiger partial charge is 0.328 e. The molecule has 17 nitrogen and oxygen atoms in total. The zero-order chi connectivity index (χ0) is 52.0. The molecule has 1 fully saturated rings. The van der Waals surface area contributed by atoms with Crippen molar-refractivity contribution in [1.82, 2.24) is 25.8 Å². The number of esters is 1. The molecule has 1 aromatic heterocycles. The van der Waals surface area contributed by atoms with Crippen molar-refractivity contribution in [2.45, 2.75) is 155 Å². The first-order valence-electron chi connectivity index (χ1n) is 24.8. The van der Waals surface area contributed by atoms with Gasteiger partial charge in [-0.2, -0.15) is 0 Å². The lowest BCUT2D eigenvalue weighted by Crippen LogP contribution is -2.57. The maximum absolute atomic E-state index is 14.2. The number of ether oxygens (including phenoxy) is 1. The highest BCUT2D eigenvalue weighted by Gasteiger charge is 2.46. The summed E-state index contributed by atoms with van der Waals surface area (Å²) in [6.45, 7) is 11.2. The van der Waals surface area contributed by atoms with Crippen molar-refractivity contribution in [1.29, 1.82) is 0 Å². The normalized spacial score (nSPS) is 19.7. The maximum Gasteiger partial charge on any atom is 0.328 e. The minimum Gasteiger partial charge on any atom is -0.459 e. The van der Waals surface area contributed by atoms with Gasteiger partial charge in [-0.15, -0.1) is 11.3 Å². The summed E-state index contributed by atoms with van der Waals surface area (Å²) in [5, 5.41) is 19.4. The number of nitrogens with two attached hydrogens (primary N) is 2. The number of unbranched alkanes of at least 4 members (excludes halogenated alkanes) is 1. The van der Waals surface area contributed by atoms with Gasteiger partial charge >= 0.3 is 5.97 Å². The van der Waals surface area contributed by atoms with Gasteiger partial charge in [-0.1, -0.05) is 81.4 Å². The van der Waals surface area contributed by atoms with Crippen LogP contribution in [0.4, 0.5) is 5.69 Å². The Balaban J connectivity index is 0.883. The lowest BCUT2D eigenvalue weighted by atomic mass is 9.85. The SMILES string of the molecule is Cc1cc(CCCCC(=O)N[C@H](C(=O)N2C[C@H](O)C[C@H]2C(=O)N[C@@H](C)c2ccc(-c3scnc3C)cc2)C(C)(C)C)ccc1COC(=O)[C@H](CCC(N)=O)NC(=O)[C@@H]1Cc2cccc3c2N1C(=O)[C@@H](N)CC3. The summed E-state index contributed by atoms with van der Waals surface area (Å²) in [7, 11) is 0. The van der Waals surface area contributed by atoms with Crippen molar-refractivity contribution in [2.75, 3.05) is 11.4 Å². The molecule has 18 heteroatoms. The molecule has 7 atom stereocenters. The molecular weight excluding hydrogens is 937 g/mol. The van der Waals surface area contributed by atoms with Gasteiger partial charge in [0.2, 0.25) is 35.4 Å². The van der Waals surface area contributed by atoms with E-state index in [9.17, 15) is 38.7 Å². The van der Waals surface area contributed by atoms with Gasteiger partial charge in [-0.3, -0.25) is 33.7 Å². The summed E-state index contributed by atoms with van der Waals surface area (Å²) in [5.74, 6) is -3.40. The first-order chi connectivity index (χ1) is 34.2. The van der Waals surface area contributed by atoms with Gasteiger partial charge in [0.1, 0.15) is 30.8 Å². The highest BCUT2D eigenvalue weighted by atomic mass is 32.1. The van der Waals surface area contributed by atoms with Crippen LogP contribution in [0.25, 0.3) is 10.4 Å². The van der Waals surface area contributed by atoms with E-state index < -0.39 is 65.4 Å². The third kappa shape index (κ3) is 12.6. The lowest BCUT2D eigenvalue weighted by molar-refractivity contribution is -0.149. The number of benzene rings is 3. The predicted octanol–water partition coefficient (Wildman–Crippen LogP) is 4.53. The topological polar surface area (TPSA) is 256 Å². The van der Waals surface area contributed by atoms with Crippen molar-refractivity contribution >= 4 is 58.4 Å². The fourth-order valence-corrected chi connectivity index (χ4v) is 10.7. The first-order valence-corrected chi connectivity index (χ1v) is 25.7. The Kier molecular flexibility index (Phi) is 17.0. The second-order valence-corrected chi connectivity index (χ2v) is 21.4. The number of carbonyl (C=O) groups excluding carboxylic acids is 7. The lowest BCUT2D eigenvalue weighted by Gasteiger charge is -2.35. The van der Waals surface area contributed by atoms with E-state index in [-0.39, 0.29) is 69.0 Å². The van der Waals surface area contributed by atoms with Gasteiger partial charge in [0.05, 0.1) is 40.0 Å². The molecule has 72 heavy (non-hydrogen) atoms. The van der Waals surface area contributed by atoms with Crippen molar-refractivity contribution in [3.8, 4) is 10.4 Å². The Bertz CT molecular complexity index is 2680. The third-order valence-corrected chi connectivity index (χ3v) is 15.0. The van der Waals surface area contributed by atoms with E-state index in [1.807, 2.05) is 108 Å². The van der Waals surface area contributed by atoms with Gasteiger partial charge in [0, 0.05) is 32.2 Å². The van der Waals surface area contributed by atoms with Crippen LogP contribution in [0.15, 0.2) is 66.2 Å². The summed E-state index contributed by atoms with van der Waals surface area (Å²) >= 11 is 1.57. The monoisotopic (exact) mass is 1000 g/mol. The summed E-state index contributed by atoms with van der Waals surface area (Å²) in [6.07, 6.45) is 2.26. The molecule has 7 rings (SSSR count). The summed E-state index contributed by atoms with van der Waals surface area (Å²) in [4.78, 5) is 102. The number of primary amides is 1. The molecule has 0 saturated carbocycles. The van der Waals surface area contributed by atoms with Gasteiger partial charge in [-0.05, 0) is 104 Å². The van der Waals surface area contributed by atoms with Gasteiger partial charge < -0.3 is 42.2 Å². The van der Waals surface area contributed by atoms with E-state index in [0.29, 0.717) is 37.8 Å². The molecular formula is C54H68N8O9S. The number of nitrogens with zero attached hydrogens (tertiary/aromatic N) is 3. The third-order valence-electron chi connectivity index (χ3n) is 14.0. The van der Waals surface area contributed by atoms with Crippen LogP contribution < -0.4 is 32.3 Å². The van der Waals surface area contributed by atoms with Crippen LogP contribution in [0.5, 0.6) is 0 Å². The summed E-state index contributed by atoms with van der Waals surface area (Å²) < 4.78 is 5.70. The Labute approximate surface area is 424 Å². The number of aliphatic hydroxyl groups excluding tert-OH is 1. The number of carbonyl (C=O) groups is 7. The van der Waals surface area contributed by atoms with Gasteiger partial charge in [-0.25, -0.2) is 9.78 Å². The van der Waals surface area contributed by atoms with Crippen molar-refractivity contribution in [3.05, 3.63) is 105 Å². The average molecular weight is 1010 g/mol. The molecule has 3 aliphatic rings. The average Bonchev–Trinajstić information content (AvgIpc) is 4.05. The van der Waals surface area contributed by atoms with Crippen molar-refractivity contribution in [2.24, 2.45) is 16.9 Å². The Morgan fingerprint density at radius 3 is 2.33 bits per heavy atom. The van der Waals surface area contributed by atoms with Gasteiger partial charge in [0.25, 0.3) is 0 Å². The molecule has 0 spiro atoms. The molecule has 1 saturated heterocycles. The maximum atomic E-state index is 14.2. The number of anilines is 1. The number of hydrogen-bond donors (Lipinski definition) is 6. The number of para-hydroxylation sites is 1. The quantitative estimate of drug-likeness (QED) is 0.0562. The van der Waals surface area contributed by atoms with E-state index in [1.54, 1.807) is 11.3 Å². The van der Waals surface area contributed by atoms with Crippen molar-refractivity contribution in [3.63, 3.8) is 0 Å². The van der Waals surface area contributed by atoms with E-state index in [4.69, 9.17) is 16.2 Å². The number of nitrogens with one attached hydrogen (secondary N) is 3. The molecule has 4 heterocycles. The molecule has 384 valence electrons. The van der Waals surface area contributed by atoms with Crippen molar-refractivity contribution < 1.29 is 43.4 Å². The van der Waals surface area contributed by atoms with Crippen LogP contribution in [0.2, 0.25) is 0 Å². The number of rotatable bonds is 19. The molecule has 6 amide bonds. The molecule has 0 radical (unpaired) electrons. The van der Waals surface area contributed by atoms with E-state index in [0.717, 1.165) is 49.5 Å². The number of aryl methyl sites for hydroxylation is 4. The molecule has 0 bridgehead atoms. The van der Waals surface area contributed by atoms with Crippen LogP contribution in [-0.4, -0.2) is 99.3 Å². The van der Waals surface area contributed by atoms with E-state index in [1.165, 1.54) is 9.80 Å². The minimum absolute atomic E-state index is 0.0246. The molecule has 3 aromatic carbocycles. The largest absolute Gasteiger partial charge is 0.459 e. The fourth-order valence-electron chi connectivity index (χ4n) is 9.85. The van der Waals surface area contributed by atoms with Crippen LogP contribution >= 0.6 is 11.3 Å². The minimum atomic E-state index is -1.20. The van der Waals surface area contributed by atoms with Crippen LogP contribution in [-0.2, 0) is 64.2 Å². The summed E-state index contributed by atoms with van der Waals surface area (Å²) in [6, 6.07) is 14.2. The van der Waals surface area contributed by atoms with Gasteiger partial charge in [0.15, 0.2) is 0 Å². The second kappa shape index (κ2) is 22.9. The number of likely N-dealkylation sites (tertiary alicyclic amines) is 1. The zero-order valence-corrected chi connectivity index (χ0v) is 42.8. The number of aromatic nitrogens is 1. The first kappa shape index (κ1) is 53.3. The highest BCUT2D eigenvalue weighted by Crippen LogP contribution is 2.39. The van der Waals surface area contributed by atoms with E-state index >= 15 is 0 Å². The summed E-state index contributed by atoms with van der Waals surface area (Å²) in [5.41, 5.74) is 20.7. The Morgan fingerprint density at radius 1 is 0.931 bits per heavy atom. The Hall–Kier alpha value is -6.50. The molecule has 3 aliphatic heterocycles. The number of hydrogen-bond acceptors (Lipinski definition) is 12. The van der Waals surface area contributed by atoms with Crippen LogP contribution in [0, 0.1) is 19.3 Å². The molecule has 8 N–H and O–H groups in total. The standard InChI is InChI=1S/C54H68N8O9S/c1-30-24-33(14-15-38(30)28-71-53(70)41(22-23-44(56)64)59-50(67)43-25-37-12-9-11-35-20-21-40(55)51(68)62(43)46(35)37)10-7-8-13-45(65)60-48(54(4,5)6)52(69)61-27-39(63)26-42(61)49(66)58-31(2)34-16-18-36(19-17-34)47-32(3)57-29-72-47/h9,11-12,14-19,24,29,31,39-43,48,63H,7-8,10,13,20-23,25-28,55H2,1-6H3,(H2,56,64)(H,58,66)(H,59,67)(H,60,65)/t31-,39+,40-,41-,42-,43-,48+/m0/s1. The second-order valence-electron chi connectivity index (χ2n) is 20.5. The highest BCUT2D eigenvalue weighted by molar-refractivity contribution is 7.13. The zero-order valence-electron chi connectivity index (χ0n) is 42.0. The Morgan fingerprint density at radius 2 is 1.65 bits per heavy atom.